The first-order valence-electron chi connectivity index (χ1n) is 9.95. The topological polar surface area (TPSA) is 91.0 Å². The number of alkyl halides is 1. The lowest BCUT2D eigenvalue weighted by atomic mass is 10.3. The first kappa shape index (κ1) is 25.6. The van der Waals surface area contributed by atoms with Crippen LogP contribution in [-0.4, -0.2) is 56.2 Å². The van der Waals surface area contributed by atoms with Crippen molar-refractivity contribution in [2.75, 3.05) is 13.8 Å². The van der Waals surface area contributed by atoms with Crippen LogP contribution >= 0.6 is 55.1 Å². The van der Waals surface area contributed by atoms with Gasteiger partial charge in [-0.05, 0) is 37.9 Å². The first-order valence-corrected chi connectivity index (χ1v) is 15.3. The predicted molar refractivity (Wildman–Crippen MR) is 135 cm³/mol. The minimum Gasteiger partial charge on any atom is -0.359 e. The molecule has 14 heteroatoms. The Hall–Kier alpha value is -1.05. The van der Waals surface area contributed by atoms with Crippen molar-refractivity contribution in [3.05, 3.63) is 38.8 Å². The van der Waals surface area contributed by atoms with Crippen LogP contribution in [0.3, 0.4) is 0 Å². The number of aliphatic imine (C=N–C) groups is 1. The van der Waals surface area contributed by atoms with Gasteiger partial charge in [0.05, 0.1) is 31.7 Å². The zero-order chi connectivity index (χ0) is 24.6. The Morgan fingerprint density at radius 2 is 1.81 bits per heavy atom. The highest BCUT2D eigenvalue weighted by atomic mass is 79.9. The summed E-state index contributed by atoms with van der Waals surface area (Å²) in [4.78, 5) is 20.1. The number of hydrogen-bond donors (Lipinski definition) is 0. The highest BCUT2D eigenvalue weighted by Gasteiger charge is 2.18. The molecule has 0 saturated carbocycles. The SMILES string of the molecule is C[Si](C)(C)CCOCn1nc(Br)c2c(Cl)ncnc21.Clc1ncnc2c1C(Br)=NC2.[2H]CF. The molecule has 174 valence electrons. The van der Waals surface area contributed by atoms with E-state index in [1.165, 1.54) is 12.7 Å². The Morgan fingerprint density at radius 1 is 1.16 bits per heavy atom. The summed E-state index contributed by atoms with van der Waals surface area (Å²) in [6.07, 6.45) is 2.87. The van der Waals surface area contributed by atoms with Crippen molar-refractivity contribution >= 4 is 78.8 Å². The molecule has 0 aromatic carbocycles. The van der Waals surface area contributed by atoms with E-state index in [0.717, 1.165) is 33.9 Å². The Balaban J connectivity index is 0.000000231. The van der Waals surface area contributed by atoms with E-state index in [2.05, 4.69) is 81.5 Å². The standard InChI is InChI=1S/C11H16BrClN4OSi.C6H3BrClN3.CH3F/c1-19(2,3)5-4-18-7-17-11-8(9(12)16-17)10(13)14-6-15-11;7-5-4-3(1-9-5)10-2-11-6(4)8;1-2/h6H,4-5,7H2,1-3H3;2H,1H2;1H3/i;;1D. The highest BCUT2D eigenvalue weighted by molar-refractivity contribution is 9.18. The minimum atomic E-state index is -1.06. The van der Waals surface area contributed by atoms with E-state index in [0.29, 0.717) is 33.8 Å². The maximum atomic E-state index is 9.96. The summed E-state index contributed by atoms with van der Waals surface area (Å²) < 4.78 is 24.2. The Morgan fingerprint density at radius 3 is 2.47 bits per heavy atom. The Bertz CT molecular complexity index is 1120. The molecule has 1 aliphatic heterocycles. The van der Waals surface area contributed by atoms with E-state index in [1.807, 2.05) is 0 Å². The third-order valence-corrected chi connectivity index (χ3v) is 7.58. The fourth-order valence-corrected chi connectivity index (χ4v) is 5.04. The molecule has 8 nitrogen and oxygen atoms in total. The van der Waals surface area contributed by atoms with Crippen LogP contribution in [0.4, 0.5) is 4.39 Å². The van der Waals surface area contributed by atoms with Crippen molar-refractivity contribution in [1.29, 1.82) is 0 Å². The molecule has 0 unspecified atom stereocenters. The molecule has 0 bridgehead atoms. The van der Waals surface area contributed by atoms with Gasteiger partial charge in [0.2, 0.25) is 0 Å². The fourth-order valence-electron chi connectivity index (χ4n) is 2.50. The van der Waals surface area contributed by atoms with Gasteiger partial charge in [-0.1, -0.05) is 42.8 Å². The van der Waals surface area contributed by atoms with Gasteiger partial charge in [-0.2, -0.15) is 5.10 Å². The van der Waals surface area contributed by atoms with E-state index in [-0.39, 0.29) is 0 Å². The number of aromatic nitrogens is 6. The summed E-state index contributed by atoms with van der Waals surface area (Å²) in [5, 5.41) is 5.89. The van der Waals surface area contributed by atoms with Crippen LogP contribution in [0.2, 0.25) is 36.0 Å². The van der Waals surface area contributed by atoms with E-state index in [9.17, 15) is 4.39 Å². The number of rotatable bonds is 5. The van der Waals surface area contributed by atoms with Crippen molar-refractivity contribution in [2.24, 2.45) is 4.99 Å². The van der Waals surface area contributed by atoms with E-state index < -0.39 is 15.2 Å². The minimum absolute atomic E-state index is 0.375. The van der Waals surface area contributed by atoms with Crippen LogP contribution in [0.5, 0.6) is 0 Å². The molecule has 0 N–H and O–H groups in total. The van der Waals surface area contributed by atoms with Gasteiger partial charge in [-0.15, -0.1) is 0 Å². The largest absolute Gasteiger partial charge is 0.359 e. The van der Waals surface area contributed by atoms with E-state index in [4.69, 9.17) is 29.3 Å². The highest BCUT2D eigenvalue weighted by Crippen LogP contribution is 2.27. The average molecular weight is 631 g/mol. The lowest BCUT2D eigenvalue weighted by Crippen LogP contribution is -2.22. The molecule has 0 radical (unpaired) electrons. The Labute approximate surface area is 214 Å². The number of halogens is 5. The molecule has 32 heavy (non-hydrogen) atoms. The summed E-state index contributed by atoms with van der Waals surface area (Å²) in [5.74, 6) is 0. The Kier molecular flexibility index (Phi) is 9.92. The second-order valence-electron chi connectivity index (χ2n) is 7.59. The third kappa shape index (κ3) is 7.22. The average Bonchev–Trinajstić information content (AvgIpc) is 3.27. The van der Waals surface area contributed by atoms with Crippen LogP contribution in [0.1, 0.15) is 12.6 Å². The molecule has 0 spiro atoms. The van der Waals surface area contributed by atoms with Gasteiger partial charge in [0.1, 0.15) is 38.9 Å². The van der Waals surface area contributed by atoms with Gasteiger partial charge < -0.3 is 4.74 Å². The van der Waals surface area contributed by atoms with Gasteiger partial charge in [-0.3, -0.25) is 9.38 Å². The first-order chi connectivity index (χ1) is 15.6. The molecule has 1 aliphatic rings. The molecule has 0 aliphatic carbocycles. The zero-order valence-electron chi connectivity index (χ0n) is 18.6. The molecule has 0 amide bonds. The number of fused-ring (bicyclic) bond motifs is 2. The van der Waals surface area contributed by atoms with Gasteiger partial charge in [-0.25, -0.2) is 24.6 Å². The molecule has 0 fully saturated rings. The normalized spacial score (nSPS) is 12.9. The van der Waals surface area contributed by atoms with Crippen LogP contribution in [0.25, 0.3) is 11.0 Å². The van der Waals surface area contributed by atoms with Crippen molar-refractivity contribution in [3.63, 3.8) is 0 Å². The van der Waals surface area contributed by atoms with Crippen LogP contribution in [0.15, 0.2) is 22.3 Å². The van der Waals surface area contributed by atoms with Crippen molar-refractivity contribution in [1.82, 2.24) is 29.7 Å². The molecule has 3 aromatic heterocycles. The molecular formula is C18H22Br2Cl2FN7OSi. The fraction of sp³-hybridized carbons (Fsp3) is 0.444. The second kappa shape index (κ2) is 12.4. The number of hydrogen-bond acceptors (Lipinski definition) is 7. The maximum Gasteiger partial charge on any atom is 0.166 e. The predicted octanol–water partition coefficient (Wildman–Crippen LogP) is 5.93. The van der Waals surface area contributed by atoms with Crippen LogP contribution in [-0.2, 0) is 18.0 Å². The van der Waals surface area contributed by atoms with Gasteiger partial charge >= 0.3 is 0 Å². The molecule has 4 rings (SSSR count). The lowest BCUT2D eigenvalue weighted by Gasteiger charge is -2.15. The number of ether oxygens (including phenoxy) is 1. The molecule has 3 aromatic rings. The van der Waals surface area contributed by atoms with E-state index >= 15 is 0 Å². The lowest BCUT2D eigenvalue weighted by molar-refractivity contribution is 0.0810. The van der Waals surface area contributed by atoms with Crippen molar-refractivity contribution in [2.45, 2.75) is 39.0 Å². The maximum absolute atomic E-state index is 9.96. The van der Waals surface area contributed by atoms with E-state index in [1.54, 1.807) is 4.68 Å². The van der Waals surface area contributed by atoms with Crippen LogP contribution < -0.4 is 0 Å². The van der Waals surface area contributed by atoms with Crippen molar-refractivity contribution in [3.8, 4) is 0 Å². The van der Waals surface area contributed by atoms with Crippen molar-refractivity contribution < 1.29 is 10.5 Å². The summed E-state index contributed by atoms with van der Waals surface area (Å²) >= 11 is 18.5. The summed E-state index contributed by atoms with van der Waals surface area (Å²) in [5.41, 5.74) is 2.39. The van der Waals surface area contributed by atoms with Gasteiger partial charge in [0.25, 0.3) is 0 Å². The second-order valence-corrected chi connectivity index (χ2v) is 15.4. The molecular weight excluding hydrogens is 608 g/mol. The molecule has 0 atom stereocenters. The molecule has 4 heterocycles. The monoisotopic (exact) mass is 628 g/mol. The number of nitrogens with zero attached hydrogens (tertiary/aromatic N) is 7. The molecule has 0 saturated heterocycles. The van der Waals surface area contributed by atoms with Gasteiger partial charge in [0, 0.05) is 14.7 Å². The smallest absolute Gasteiger partial charge is 0.166 e. The summed E-state index contributed by atoms with van der Waals surface area (Å²) in [6.45, 7) is 8.68. The van der Waals surface area contributed by atoms with Gasteiger partial charge in [0.15, 0.2) is 5.65 Å². The summed E-state index contributed by atoms with van der Waals surface area (Å²) in [7, 11) is -2.06. The van der Waals surface area contributed by atoms with Crippen LogP contribution in [0, 0.1) is 0 Å². The third-order valence-electron chi connectivity index (χ3n) is 4.10. The quantitative estimate of drug-likeness (QED) is 0.197. The summed E-state index contributed by atoms with van der Waals surface area (Å²) in [6, 6.07) is 1.13. The zero-order valence-corrected chi connectivity index (χ0v) is 23.3.